The van der Waals surface area contributed by atoms with Crippen molar-refractivity contribution in [1.82, 2.24) is 5.32 Å². The number of anilines is 1. The SMILES string of the molecule is Cc1ccc(OCCCN2C(=O)CNC(=O)c3cc(C)ccc32)cc1. The molecule has 0 atom stereocenters. The average Bonchev–Trinajstić information content (AvgIpc) is 2.71. The highest BCUT2D eigenvalue weighted by atomic mass is 16.5. The van der Waals surface area contributed by atoms with Crippen molar-refractivity contribution in [2.45, 2.75) is 20.3 Å². The Morgan fingerprint density at radius 1 is 1.04 bits per heavy atom. The zero-order valence-electron chi connectivity index (χ0n) is 14.5. The van der Waals surface area contributed by atoms with E-state index in [1.165, 1.54) is 5.56 Å². The molecule has 130 valence electrons. The van der Waals surface area contributed by atoms with E-state index in [0.717, 1.165) is 11.3 Å². The summed E-state index contributed by atoms with van der Waals surface area (Å²) in [6.07, 6.45) is 0.682. The summed E-state index contributed by atoms with van der Waals surface area (Å²) < 4.78 is 5.73. The summed E-state index contributed by atoms with van der Waals surface area (Å²) in [5, 5.41) is 2.67. The molecule has 0 aromatic heterocycles. The molecule has 2 aromatic rings. The van der Waals surface area contributed by atoms with Gasteiger partial charge in [-0.05, 0) is 44.5 Å². The van der Waals surface area contributed by atoms with Crippen LogP contribution in [0.2, 0.25) is 0 Å². The van der Waals surface area contributed by atoms with Gasteiger partial charge in [-0.1, -0.05) is 29.3 Å². The maximum absolute atomic E-state index is 12.4. The summed E-state index contributed by atoms with van der Waals surface area (Å²) in [5.74, 6) is 0.511. The molecule has 1 aliphatic heterocycles. The van der Waals surface area contributed by atoms with Gasteiger partial charge < -0.3 is 15.0 Å². The Bertz CT molecular complexity index is 784. The third-order valence-electron chi connectivity index (χ3n) is 4.20. The van der Waals surface area contributed by atoms with Crippen LogP contribution in [0.15, 0.2) is 42.5 Å². The molecular weight excluding hydrogens is 316 g/mol. The van der Waals surface area contributed by atoms with Crippen LogP contribution in [0.3, 0.4) is 0 Å². The van der Waals surface area contributed by atoms with Crippen molar-refractivity contribution < 1.29 is 14.3 Å². The molecule has 3 rings (SSSR count). The van der Waals surface area contributed by atoms with Crippen LogP contribution in [0.4, 0.5) is 5.69 Å². The second-order valence-electron chi connectivity index (χ2n) is 6.26. The normalized spacial score (nSPS) is 13.9. The summed E-state index contributed by atoms with van der Waals surface area (Å²) in [6.45, 7) is 5.00. The number of rotatable bonds is 5. The first-order valence-corrected chi connectivity index (χ1v) is 8.43. The lowest BCUT2D eigenvalue weighted by Crippen LogP contribution is -2.37. The van der Waals surface area contributed by atoms with Crippen molar-refractivity contribution in [3.63, 3.8) is 0 Å². The van der Waals surface area contributed by atoms with Crippen LogP contribution in [-0.2, 0) is 4.79 Å². The number of aryl methyl sites for hydroxylation is 2. The van der Waals surface area contributed by atoms with Gasteiger partial charge in [0.25, 0.3) is 5.91 Å². The van der Waals surface area contributed by atoms with E-state index in [-0.39, 0.29) is 18.4 Å². The molecule has 2 amide bonds. The number of benzene rings is 2. The summed E-state index contributed by atoms with van der Waals surface area (Å²) in [7, 11) is 0. The molecule has 2 aromatic carbocycles. The first-order chi connectivity index (χ1) is 12.0. The van der Waals surface area contributed by atoms with Crippen molar-refractivity contribution in [2.24, 2.45) is 0 Å². The van der Waals surface area contributed by atoms with Crippen LogP contribution in [0.5, 0.6) is 5.75 Å². The van der Waals surface area contributed by atoms with Gasteiger partial charge in [-0.15, -0.1) is 0 Å². The minimum atomic E-state index is -0.203. The van der Waals surface area contributed by atoms with Crippen LogP contribution < -0.4 is 15.0 Å². The fraction of sp³-hybridized carbons (Fsp3) is 0.300. The molecule has 1 aliphatic rings. The molecule has 5 nitrogen and oxygen atoms in total. The highest BCUT2D eigenvalue weighted by molar-refractivity contribution is 6.09. The van der Waals surface area contributed by atoms with Gasteiger partial charge in [0.2, 0.25) is 5.91 Å². The number of ether oxygens (including phenoxy) is 1. The average molecular weight is 338 g/mol. The van der Waals surface area contributed by atoms with Gasteiger partial charge in [-0.3, -0.25) is 9.59 Å². The van der Waals surface area contributed by atoms with Gasteiger partial charge in [0.05, 0.1) is 24.4 Å². The number of hydrogen-bond acceptors (Lipinski definition) is 3. The standard InChI is InChI=1S/C20H22N2O3/c1-14-4-7-16(8-5-14)25-11-3-10-22-18-9-6-15(2)12-17(18)20(24)21-13-19(22)23/h4-9,12H,3,10-11,13H2,1-2H3,(H,21,24). The number of carbonyl (C=O) groups is 2. The zero-order valence-corrected chi connectivity index (χ0v) is 14.5. The second-order valence-corrected chi connectivity index (χ2v) is 6.26. The van der Waals surface area contributed by atoms with E-state index >= 15 is 0 Å². The van der Waals surface area contributed by atoms with Gasteiger partial charge in [-0.25, -0.2) is 0 Å². The molecule has 25 heavy (non-hydrogen) atoms. The van der Waals surface area contributed by atoms with Crippen LogP contribution in [-0.4, -0.2) is 31.5 Å². The third-order valence-corrected chi connectivity index (χ3v) is 4.20. The first-order valence-electron chi connectivity index (χ1n) is 8.43. The van der Waals surface area contributed by atoms with Crippen LogP contribution in [0.25, 0.3) is 0 Å². The summed E-state index contributed by atoms with van der Waals surface area (Å²) in [6, 6.07) is 13.5. The Balaban J connectivity index is 1.66. The first kappa shape index (κ1) is 17.0. The molecule has 0 unspecified atom stereocenters. The Morgan fingerprint density at radius 3 is 2.52 bits per heavy atom. The maximum atomic E-state index is 12.4. The lowest BCUT2D eigenvalue weighted by atomic mass is 10.1. The van der Waals surface area contributed by atoms with Crippen molar-refractivity contribution in [2.75, 3.05) is 24.6 Å². The molecule has 0 bridgehead atoms. The van der Waals surface area contributed by atoms with E-state index in [1.807, 2.05) is 56.3 Å². The van der Waals surface area contributed by atoms with Gasteiger partial charge in [0.1, 0.15) is 5.75 Å². The molecule has 0 aliphatic carbocycles. The van der Waals surface area contributed by atoms with Gasteiger partial charge in [0.15, 0.2) is 0 Å². The number of nitrogens with zero attached hydrogens (tertiary/aromatic N) is 1. The number of carbonyl (C=O) groups excluding carboxylic acids is 2. The molecule has 0 saturated carbocycles. The van der Waals surface area contributed by atoms with Gasteiger partial charge in [-0.2, -0.15) is 0 Å². The minimum absolute atomic E-state index is 0.0192. The zero-order chi connectivity index (χ0) is 17.8. The molecule has 0 spiro atoms. The van der Waals surface area contributed by atoms with E-state index in [0.29, 0.717) is 30.8 Å². The monoisotopic (exact) mass is 338 g/mol. The fourth-order valence-corrected chi connectivity index (χ4v) is 2.84. The molecule has 0 radical (unpaired) electrons. The highest BCUT2D eigenvalue weighted by Crippen LogP contribution is 2.24. The van der Waals surface area contributed by atoms with E-state index in [1.54, 1.807) is 4.90 Å². The molecule has 0 fully saturated rings. The lowest BCUT2D eigenvalue weighted by molar-refractivity contribution is -0.117. The fourth-order valence-electron chi connectivity index (χ4n) is 2.84. The molecule has 0 saturated heterocycles. The molecule has 1 N–H and O–H groups in total. The number of hydrogen-bond donors (Lipinski definition) is 1. The Kier molecular flexibility index (Phi) is 5.03. The van der Waals surface area contributed by atoms with E-state index in [9.17, 15) is 9.59 Å². The predicted octanol–water partition coefficient (Wildman–Crippen LogP) is 2.85. The molecule has 5 heteroatoms. The van der Waals surface area contributed by atoms with E-state index < -0.39 is 0 Å². The Hall–Kier alpha value is -2.82. The van der Waals surface area contributed by atoms with Crippen LogP contribution in [0, 0.1) is 13.8 Å². The number of nitrogens with one attached hydrogen (secondary N) is 1. The lowest BCUT2D eigenvalue weighted by Gasteiger charge is -2.22. The smallest absolute Gasteiger partial charge is 0.253 e. The van der Waals surface area contributed by atoms with E-state index in [4.69, 9.17) is 4.74 Å². The summed E-state index contributed by atoms with van der Waals surface area (Å²) in [4.78, 5) is 26.2. The minimum Gasteiger partial charge on any atom is -0.494 e. The quantitative estimate of drug-likeness (QED) is 0.853. The highest BCUT2D eigenvalue weighted by Gasteiger charge is 2.25. The van der Waals surface area contributed by atoms with E-state index in [2.05, 4.69) is 5.32 Å². The van der Waals surface area contributed by atoms with Crippen molar-refractivity contribution in [3.8, 4) is 5.75 Å². The number of amides is 2. The van der Waals surface area contributed by atoms with Crippen molar-refractivity contribution in [3.05, 3.63) is 59.2 Å². The predicted molar refractivity (Wildman–Crippen MR) is 97.2 cm³/mol. The van der Waals surface area contributed by atoms with Crippen LogP contribution >= 0.6 is 0 Å². The van der Waals surface area contributed by atoms with Crippen LogP contribution in [0.1, 0.15) is 27.9 Å². The van der Waals surface area contributed by atoms with Crippen molar-refractivity contribution >= 4 is 17.5 Å². The third kappa shape index (κ3) is 3.99. The molecule has 1 heterocycles. The topological polar surface area (TPSA) is 58.6 Å². The largest absolute Gasteiger partial charge is 0.494 e. The molecular formula is C20H22N2O3. The van der Waals surface area contributed by atoms with Crippen molar-refractivity contribution in [1.29, 1.82) is 0 Å². The number of fused-ring (bicyclic) bond motifs is 1. The van der Waals surface area contributed by atoms with Gasteiger partial charge in [0, 0.05) is 6.54 Å². The van der Waals surface area contributed by atoms with Gasteiger partial charge >= 0.3 is 0 Å². The Labute approximate surface area is 147 Å². The maximum Gasteiger partial charge on any atom is 0.253 e. The second kappa shape index (κ2) is 7.38. The Morgan fingerprint density at radius 2 is 1.76 bits per heavy atom. The summed E-state index contributed by atoms with van der Waals surface area (Å²) >= 11 is 0. The summed E-state index contributed by atoms with van der Waals surface area (Å²) in [5.41, 5.74) is 3.39.